The Labute approximate surface area is 105 Å². The van der Waals surface area contributed by atoms with Crippen LogP contribution in [0, 0.1) is 0 Å². The SMILES string of the molecule is CCCCOC(=O)C(Br)C(=O)OCCCC. The molecular formula is C11H19BrO4. The Morgan fingerprint density at radius 2 is 1.38 bits per heavy atom. The van der Waals surface area contributed by atoms with Crippen LogP contribution in [0.2, 0.25) is 0 Å². The van der Waals surface area contributed by atoms with Crippen LogP contribution in [0.5, 0.6) is 0 Å². The Morgan fingerprint density at radius 3 is 1.69 bits per heavy atom. The third-order valence-electron chi connectivity index (χ3n) is 1.90. The van der Waals surface area contributed by atoms with Gasteiger partial charge in [0, 0.05) is 0 Å². The van der Waals surface area contributed by atoms with Gasteiger partial charge in [-0.15, -0.1) is 0 Å². The van der Waals surface area contributed by atoms with Crippen molar-refractivity contribution in [3.8, 4) is 0 Å². The average molecular weight is 295 g/mol. The number of rotatable bonds is 8. The number of ether oxygens (including phenoxy) is 2. The number of halogens is 1. The van der Waals surface area contributed by atoms with Crippen LogP contribution in [-0.4, -0.2) is 30.0 Å². The van der Waals surface area contributed by atoms with E-state index >= 15 is 0 Å². The van der Waals surface area contributed by atoms with Crippen LogP contribution >= 0.6 is 15.9 Å². The molecule has 0 bridgehead atoms. The summed E-state index contributed by atoms with van der Waals surface area (Å²) in [6.45, 7) is 4.69. The summed E-state index contributed by atoms with van der Waals surface area (Å²) in [6.07, 6.45) is 3.50. The molecule has 0 N–H and O–H groups in total. The van der Waals surface area contributed by atoms with Crippen LogP contribution in [0.25, 0.3) is 0 Å². The quantitative estimate of drug-likeness (QED) is 0.299. The second kappa shape index (κ2) is 9.63. The van der Waals surface area contributed by atoms with Crippen molar-refractivity contribution in [1.82, 2.24) is 0 Å². The monoisotopic (exact) mass is 294 g/mol. The second-order valence-electron chi connectivity index (χ2n) is 3.40. The van der Waals surface area contributed by atoms with Crippen LogP contribution in [0.3, 0.4) is 0 Å². The van der Waals surface area contributed by atoms with E-state index in [0.29, 0.717) is 13.2 Å². The van der Waals surface area contributed by atoms with Gasteiger partial charge in [-0.2, -0.15) is 0 Å². The van der Waals surface area contributed by atoms with Gasteiger partial charge in [-0.25, -0.2) is 0 Å². The largest absolute Gasteiger partial charge is 0.464 e. The predicted octanol–water partition coefficient (Wildman–Crippen LogP) is 2.44. The molecule has 0 amide bonds. The fourth-order valence-corrected chi connectivity index (χ4v) is 1.14. The summed E-state index contributed by atoms with van der Waals surface area (Å²) >= 11 is 2.96. The zero-order valence-electron chi connectivity index (χ0n) is 9.83. The van der Waals surface area contributed by atoms with Crippen LogP contribution in [0.15, 0.2) is 0 Å². The Kier molecular flexibility index (Phi) is 9.28. The van der Waals surface area contributed by atoms with E-state index in [9.17, 15) is 9.59 Å². The third kappa shape index (κ3) is 6.82. The van der Waals surface area contributed by atoms with Crippen molar-refractivity contribution in [1.29, 1.82) is 0 Å². The molecule has 0 saturated carbocycles. The van der Waals surface area contributed by atoms with Gasteiger partial charge in [0.05, 0.1) is 13.2 Å². The molecule has 0 aromatic carbocycles. The maximum atomic E-state index is 11.3. The second-order valence-corrected chi connectivity index (χ2v) is 4.32. The van der Waals surface area contributed by atoms with Gasteiger partial charge in [0.1, 0.15) is 0 Å². The van der Waals surface area contributed by atoms with Crippen LogP contribution in [0.1, 0.15) is 39.5 Å². The first-order valence-electron chi connectivity index (χ1n) is 5.60. The fraction of sp³-hybridized carbons (Fsp3) is 0.818. The molecule has 0 spiro atoms. The smallest absolute Gasteiger partial charge is 0.331 e. The van der Waals surface area contributed by atoms with Crippen molar-refractivity contribution >= 4 is 27.9 Å². The van der Waals surface area contributed by atoms with Gasteiger partial charge < -0.3 is 9.47 Å². The van der Waals surface area contributed by atoms with E-state index in [2.05, 4.69) is 15.9 Å². The number of alkyl halides is 1. The van der Waals surface area contributed by atoms with Crippen LogP contribution in [0.4, 0.5) is 0 Å². The van der Waals surface area contributed by atoms with Crippen molar-refractivity contribution in [3.05, 3.63) is 0 Å². The summed E-state index contributed by atoms with van der Waals surface area (Å²) in [5.74, 6) is -1.15. The fourth-order valence-electron chi connectivity index (χ4n) is 0.877. The summed E-state index contributed by atoms with van der Waals surface area (Å²) in [7, 11) is 0. The Bertz CT molecular complexity index is 196. The van der Waals surface area contributed by atoms with Gasteiger partial charge in [0.25, 0.3) is 0 Å². The molecule has 0 saturated heterocycles. The number of carbonyl (C=O) groups is 2. The van der Waals surface area contributed by atoms with E-state index in [1.807, 2.05) is 13.8 Å². The molecule has 16 heavy (non-hydrogen) atoms. The zero-order valence-corrected chi connectivity index (χ0v) is 11.4. The highest BCUT2D eigenvalue weighted by Crippen LogP contribution is 2.06. The summed E-state index contributed by atoms with van der Waals surface area (Å²) < 4.78 is 9.77. The maximum Gasteiger partial charge on any atom is 0.331 e. The van der Waals surface area contributed by atoms with Gasteiger partial charge in [0.2, 0.25) is 4.83 Å². The topological polar surface area (TPSA) is 52.6 Å². The first kappa shape index (κ1) is 15.4. The van der Waals surface area contributed by atoms with E-state index in [0.717, 1.165) is 25.7 Å². The van der Waals surface area contributed by atoms with Gasteiger partial charge in [-0.3, -0.25) is 9.59 Å². The summed E-state index contributed by atoms with van der Waals surface area (Å²) in [5, 5.41) is 0. The molecular weight excluding hydrogens is 276 g/mol. The number of hydrogen-bond acceptors (Lipinski definition) is 4. The number of hydrogen-bond donors (Lipinski definition) is 0. The summed E-state index contributed by atoms with van der Waals surface area (Å²) in [5.41, 5.74) is 0. The van der Waals surface area contributed by atoms with Gasteiger partial charge in [-0.05, 0) is 12.8 Å². The first-order chi connectivity index (χ1) is 7.63. The van der Waals surface area contributed by atoms with Gasteiger partial charge in [0.15, 0.2) is 0 Å². The molecule has 0 aliphatic carbocycles. The summed E-state index contributed by atoms with van der Waals surface area (Å²) in [6, 6.07) is 0. The van der Waals surface area contributed by atoms with Crippen LogP contribution < -0.4 is 0 Å². The van der Waals surface area contributed by atoms with Crippen molar-refractivity contribution in [2.75, 3.05) is 13.2 Å². The molecule has 0 aliphatic rings. The number of carbonyl (C=O) groups excluding carboxylic acids is 2. The molecule has 0 unspecified atom stereocenters. The summed E-state index contributed by atoms with van der Waals surface area (Å²) in [4.78, 5) is 21.6. The van der Waals surface area contributed by atoms with Crippen molar-refractivity contribution in [2.45, 2.75) is 44.4 Å². The van der Waals surface area contributed by atoms with Crippen molar-refractivity contribution in [2.24, 2.45) is 0 Å². The lowest BCUT2D eigenvalue weighted by Gasteiger charge is -2.09. The molecule has 0 rings (SSSR count). The molecule has 0 aromatic heterocycles. The minimum absolute atomic E-state index is 0.347. The lowest BCUT2D eigenvalue weighted by Crippen LogP contribution is -2.28. The van der Waals surface area contributed by atoms with E-state index in [4.69, 9.17) is 9.47 Å². The standard InChI is InChI=1S/C11H19BrO4/c1-3-5-7-15-10(13)9(12)11(14)16-8-6-4-2/h9H,3-8H2,1-2H3. The van der Waals surface area contributed by atoms with Gasteiger partial charge in [-0.1, -0.05) is 42.6 Å². The van der Waals surface area contributed by atoms with E-state index < -0.39 is 16.8 Å². The van der Waals surface area contributed by atoms with E-state index in [1.165, 1.54) is 0 Å². The molecule has 5 heteroatoms. The Morgan fingerprint density at radius 1 is 1.00 bits per heavy atom. The number of unbranched alkanes of at least 4 members (excludes halogenated alkanes) is 2. The van der Waals surface area contributed by atoms with E-state index in [-0.39, 0.29) is 0 Å². The molecule has 4 nitrogen and oxygen atoms in total. The molecule has 0 heterocycles. The highest BCUT2D eigenvalue weighted by molar-refractivity contribution is 9.10. The molecule has 0 fully saturated rings. The molecule has 0 atom stereocenters. The van der Waals surface area contributed by atoms with E-state index in [1.54, 1.807) is 0 Å². The minimum atomic E-state index is -0.999. The molecule has 94 valence electrons. The van der Waals surface area contributed by atoms with Crippen molar-refractivity contribution in [3.63, 3.8) is 0 Å². The average Bonchev–Trinajstić information content (AvgIpc) is 2.28. The lowest BCUT2D eigenvalue weighted by atomic mass is 10.3. The van der Waals surface area contributed by atoms with Crippen LogP contribution in [-0.2, 0) is 19.1 Å². The Balaban J connectivity index is 3.78. The highest BCUT2D eigenvalue weighted by Gasteiger charge is 2.26. The highest BCUT2D eigenvalue weighted by atomic mass is 79.9. The minimum Gasteiger partial charge on any atom is -0.464 e. The normalized spacial score (nSPS) is 10.2. The van der Waals surface area contributed by atoms with Gasteiger partial charge >= 0.3 is 11.9 Å². The molecule has 0 aliphatic heterocycles. The molecule has 0 aromatic rings. The predicted molar refractivity (Wildman–Crippen MR) is 64.4 cm³/mol. The van der Waals surface area contributed by atoms with Crippen molar-refractivity contribution < 1.29 is 19.1 Å². The molecule has 0 radical (unpaired) electrons. The first-order valence-corrected chi connectivity index (χ1v) is 6.52. The zero-order chi connectivity index (χ0) is 12.4. The lowest BCUT2D eigenvalue weighted by molar-refractivity contribution is -0.153. The number of esters is 2. The Hall–Kier alpha value is -0.580. The third-order valence-corrected chi connectivity index (χ3v) is 2.65. The maximum absolute atomic E-state index is 11.3.